The molecule has 1 atom stereocenters. The van der Waals surface area contributed by atoms with Gasteiger partial charge in [0, 0.05) is 13.1 Å². The van der Waals surface area contributed by atoms with Crippen LogP contribution in [0.5, 0.6) is 0 Å². The zero-order valence-corrected chi connectivity index (χ0v) is 13.9. The molecule has 1 aromatic heterocycles. The summed E-state index contributed by atoms with van der Waals surface area (Å²) in [5.74, 6) is 1.04. The van der Waals surface area contributed by atoms with Crippen LogP contribution < -0.4 is 5.32 Å². The lowest BCUT2D eigenvalue weighted by atomic mass is 9.97. The molecule has 0 bridgehead atoms. The summed E-state index contributed by atoms with van der Waals surface area (Å²) >= 11 is 0. The molecule has 1 aromatic rings. The molecular formula is C17H32N4. The number of aryl methyl sites for hydroxylation is 1. The molecule has 21 heavy (non-hydrogen) atoms. The standard InChI is InChI=1S/C17H32N4/c1-15(17-20-18-14-21(17)2)19-16-12-10-8-6-4-3-5-7-9-11-13-16/h14-16,19H,3-13H2,1-2H3. The molecule has 1 aliphatic carbocycles. The van der Waals surface area contributed by atoms with Crippen molar-refractivity contribution in [3.05, 3.63) is 12.2 Å². The van der Waals surface area contributed by atoms with Crippen molar-refractivity contribution in [2.24, 2.45) is 7.05 Å². The predicted molar refractivity (Wildman–Crippen MR) is 87.1 cm³/mol. The summed E-state index contributed by atoms with van der Waals surface area (Å²) in [5.41, 5.74) is 0. The minimum Gasteiger partial charge on any atom is -0.319 e. The van der Waals surface area contributed by atoms with Gasteiger partial charge in [-0.05, 0) is 19.8 Å². The quantitative estimate of drug-likeness (QED) is 0.910. The Balaban J connectivity index is 1.83. The Morgan fingerprint density at radius 2 is 1.52 bits per heavy atom. The second kappa shape index (κ2) is 9.19. The fourth-order valence-electron chi connectivity index (χ4n) is 3.44. The maximum absolute atomic E-state index is 4.23. The van der Waals surface area contributed by atoms with Crippen LogP contribution in [0.3, 0.4) is 0 Å². The van der Waals surface area contributed by atoms with E-state index in [1.807, 2.05) is 11.6 Å². The highest BCUT2D eigenvalue weighted by Gasteiger charge is 2.16. The average Bonchev–Trinajstić information content (AvgIpc) is 2.88. The zero-order chi connectivity index (χ0) is 14.9. The van der Waals surface area contributed by atoms with E-state index in [4.69, 9.17) is 0 Å². The van der Waals surface area contributed by atoms with Crippen molar-refractivity contribution in [1.29, 1.82) is 0 Å². The van der Waals surface area contributed by atoms with Crippen molar-refractivity contribution in [2.75, 3.05) is 0 Å². The molecule has 1 heterocycles. The number of hydrogen-bond donors (Lipinski definition) is 1. The lowest BCUT2D eigenvalue weighted by molar-refractivity contribution is 0.365. The highest BCUT2D eigenvalue weighted by molar-refractivity contribution is 4.93. The number of hydrogen-bond acceptors (Lipinski definition) is 3. The molecule has 4 nitrogen and oxygen atoms in total. The average molecular weight is 292 g/mol. The Hall–Kier alpha value is -0.900. The van der Waals surface area contributed by atoms with Crippen LogP contribution >= 0.6 is 0 Å². The van der Waals surface area contributed by atoms with Crippen molar-refractivity contribution in [3.8, 4) is 0 Å². The van der Waals surface area contributed by atoms with Gasteiger partial charge in [-0.1, -0.05) is 57.8 Å². The summed E-state index contributed by atoms with van der Waals surface area (Å²) in [5, 5.41) is 12.0. The third-order valence-corrected chi connectivity index (χ3v) is 4.72. The molecular weight excluding hydrogens is 260 g/mol. The Kier molecular flexibility index (Phi) is 7.20. The van der Waals surface area contributed by atoms with E-state index in [-0.39, 0.29) is 6.04 Å². The third-order valence-electron chi connectivity index (χ3n) is 4.72. The minimum absolute atomic E-state index is 0.287. The summed E-state index contributed by atoms with van der Waals surface area (Å²) in [7, 11) is 2.02. The lowest BCUT2D eigenvalue weighted by Crippen LogP contribution is -2.33. The molecule has 4 heteroatoms. The Labute approximate surface area is 129 Å². The summed E-state index contributed by atoms with van der Waals surface area (Å²) in [6.45, 7) is 2.21. The molecule has 120 valence electrons. The smallest absolute Gasteiger partial charge is 0.149 e. The van der Waals surface area contributed by atoms with E-state index in [1.165, 1.54) is 70.6 Å². The SMILES string of the molecule is CC(NC1CCCCCCCCCCC1)c1nncn1C. The van der Waals surface area contributed by atoms with E-state index in [0.29, 0.717) is 6.04 Å². The van der Waals surface area contributed by atoms with Gasteiger partial charge in [0.15, 0.2) is 0 Å². The first kappa shape index (κ1) is 16.5. The fraction of sp³-hybridized carbons (Fsp3) is 0.882. The van der Waals surface area contributed by atoms with E-state index < -0.39 is 0 Å². The Morgan fingerprint density at radius 3 is 2.00 bits per heavy atom. The van der Waals surface area contributed by atoms with E-state index in [9.17, 15) is 0 Å². The van der Waals surface area contributed by atoms with Crippen LogP contribution in [0.1, 0.15) is 89.4 Å². The minimum atomic E-state index is 0.287. The molecule has 1 saturated carbocycles. The largest absolute Gasteiger partial charge is 0.319 e. The second-order valence-corrected chi connectivity index (χ2v) is 6.64. The first-order valence-electron chi connectivity index (χ1n) is 8.87. The number of aromatic nitrogens is 3. The fourth-order valence-corrected chi connectivity index (χ4v) is 3.44. The second-order valence-electron chi connectivity index (χ2n) is 6.64. The summed E-state index contributed by atoms with van der Waals surface area (Å²) < 4.78 is 2.02. The normalized spacial score (nSPS) is 21.4. The van der Waals surface area contributed by atoms with E-state index >= 15 is 0 Å². The number of rotatable bonds is 3. The number of nitrogens with zero attached hydrogens (tertiary/aromatic N) is 3. The number of nitrogens with one attached hydrogen (secondary N) is 1. The molecule has 0 aromatic carbocycles. The third kappa shape index (κ3) is 5.77. The molecule has 2 rings (SSSR count). The van der Waals surface area contributed by atoms with Gasteiger partial charge in [0.05, 0.1) is 6.04 Å². The lowest BCUT2D eigenvalue weighted by Gasteiger charge is -2.23. The summed E-state index contributed by atoms with van der Waals surface area (Å²) in [6.07, 6.45) is 17.1. The molecule has 0 amide bonds. The van der Waals surface area contributed by atoms with Gasteiger partial charge in [0.1, 0.15) is 12.2 Å². The first-order chi connectivity index (χ1) is 10.3. The Bertz CT molecular complexity index is 376. The van der Waals surface area contributed by atoms with Gasteiger partial charge in [0.2, 0.25) is 0 Å². The van der Waals surface area contributed by atoms with E-state index in [2.05, 4.69) is 22.4 Å². The van der Waals surface area contributed by atoms with Crippen molar-refractivity contribution >= 4 is 0 Å². The van der Waals surface area contributed by atoms with Crippen molar-refractivity contribution in [3.63, 3.8) is 0 Å². The highest BCUT2D eigenvalue weighted by atomic mass is 15.3. The maximum atomic E-state index is 4.23. The highest BCUT2D eigenvalue weighted by Crippen LogP contribution is 2.19. The van der Waals surface area contributed by atoms with Gasteiger partial charge in [-0.2, -0.15) is 0 Å². The van der Waals surface area contributed by atoms with Crippen molar-refractivity contribution < 1.29 is 0 Å². The Morgan fingerprint density at radius 1 is 1.00 bits per heavy atom. The maximum Gasteiger partial charge on any atom is 0.149 e. The van der Waals surface area contributed by atoms with Crippen LogP contribution in [-0.2, 0) is 7.05 Å². The van der Waals surface area contributed by atoms with Gasteiger partial charge in [-0.3, -0.25) is 0 Å². The monoisotopic (exact) mass is 292 g/mol. The zero-order valence-electron chi connectivity index (χ0n) is 13.9. The summed E-state index contributed by atoms with van der Waals surface area (Å²) in [6, 6.07) is 0.923. The molecule has 1 unspecified atom stereocenters. The van der Waals surface area contributed by atoms with Crippen LogP contribution in [0.15, 0.2) is 6.33 Å². The van der Waals surface area contributed by atoms with Crippen LogP contribution in [-0.4, -0.2) is 20.8 Å². The summed E-state index contributed by atoms with van der Waals surface area (Å²) in [4.78, 5) is 0. The van der Waals surface area contributed by atoms with E-state index in [1.54, 1.807) is 6.33 Å². The topological polar surface area (TPSA) is 42.7 Å². The molecule has 1 N–H and O–H groups in total. The van der Waals surface area contributed by atoms with Crippen LogP contribution in [0, 0.1) is 0 Å². The molecule has 1 fully saturated rings. The van der Waals surface area contributed by atoms with Crippen LogP contribution in [0.4, 0.5) is 0 Å². The molecule has 0 spiro atoms. The van der Waals surface area contributed by atoms with Gasteiger partial charge >= 0.3 is 0 Å². The van der Waals surface area contributed by atoms with E-state index in [0.717, 1.165) is 5.82 Å². The molecule has 0 aliphatic heterocycles. The van der Waals surface area contributed by atoms with Gasteiger partial charge in [0.25, 0.3) is 0 Å². The van der Waals surface area contributed by atoms with Crippen LogP contribution in [0.25, 0.3) is 0 Å². The molecule has 0 saturated heterocycles. The van der Waals surface area contributed by atoms with Crippen molar-refractivity contribution in [2.45, 2.75) is 89.6 Å². The molecule has 1 aliphatic rings. The van der Waals surface area contributed by atoms with Gasteiger partial charge < -0.3 is 9.88 Å². The predicted octanol–water partition coefficient (Wildman–Crippen LogP) is 4.14. The van der Waals surface area contributed by atoms with Crippen LogP contribution in [0.2, 0.25) is 0 Å². The van der Waals surface area contributed by atoms with Gasteiger partial charge in [-0.25, -0.2) is 0 Å². The van der Waals surface area contributed by atoms with Gasteiger partial charge in [-0.15, -0.1) is 10.2 Å². The van der Waals surface area contributed by atoms with Crippen molar-refractivity contribution in [1.82, 2.24) is 20.1 Å². The first-order valence-corrected chi connectivity index (χ1v) is 8.87. The molecule has 0 radical (unpaired) electrons.